The number of thioether (sulfide) groups is 1. The molecule has 0 unspecified atom stereocenters. The van der Waals surface area contributed by atoms with Gasteiger partial charge in [-0.2, -0.15) is 0 Å². The molecule has 0 saturated carbocycles. The van der Waals surface area contributed by atoms with Gasteiger partial charge in [-0.05, 0) is 73.1 Å². The number of hydrogen-bond donors (Lipinski definition) is 2. The molecule has 1 aliphatic rings. The first-order valence-corrected chi connectivity index (χ1v) is 10.9. The summed E-state index contributed by atoms with van der Waals surface area (Å²) in [6, 6.07) is 10.8. The smallest absolute Gasteiger partial charge is 0.341 e. The fourth-order valence-corrected chi connectivity index (χ4v) is 3.90. The molecular formula is C24H24N2O6S. The number of carboxylic acids is 1. The molecular weight excluding hydrogens is 444 g/mol. The van der Waals surface area contributed by atoms with Crippen molar-refractivity contribution in [3.8, 4) is 17.2 Å². The molecule has 0 aromatic heterocycles. The number of amides is 1. The Morgan fingerprint density at radius 1 is 1.24 bits per heavy atom. The lowest BCUT2D eigenvalue weighted by atomic mass is 10.0. The van der Waals surface area contributed by atoms with Crippen molar-refractivity contribution in [2.45, 2.75) is 13.3 Å². The van der Waals surface area contributed by atoms with Crippen LogP contribution in [0.25, 0.3) is 6.08 Å². The summed E-state index contributed by atoms with van der Waals surface area (Å²) < 4.78 is 16.2. The van der Waals surface area contributed by atoms with Crippen molar-refractivity contribution in [2.75, 3.05) is 20.3 Å². The fraction of sp³-hybridized carbons (Fsp3) is 0.208. The lowest BCUT2D eigenvalue weighted by Crippen LogP contribution is -2.19. The lowest BCUT2D eigenvalue weighted by molar-refractivity contribution is -0.139. The van der Waals surface area contributed by atoms with E-state index in [0.717, 1.165) is 5.75 Å². The van der Waals surface area contributed by atoms with Gasteiger partial charge in [-0.15, -0.1) is 6.58 Å². The number of benzene rings is 2. The summed E-state index contributed by atoms with van der Waals surface area (Å²) in [5.74, 6) is 0.105. The van der Waals surface area contributed by atoms with E-state index in [1.807, 2.05) is 37.3 Å². The van der Waals surface area contributed by atoms with Crippen molar-refractivity contribution in [1.29, 1.82) is 0 Å². The monoisotopic (exact) mass is 468 g/mol. The molecule has 9 heteroatoms. The van der Waals surface area contributed by atoms with E-state index in [4.69, 9.17) is 19.3 Å². The summed E-state index contributed by atoms with van der Waals surface area (Å²) in [5.41, 5.74) is 2.09. The van der Waals surface area contributed by atoms with Gasteiger partial charge in [0.15, 0.2) is 23.3 Å². The minimum Gasteiger partial charge on any atom is -0.494 e. The number of carbonyl (C=O) groups is 2. The third-order valence-electron chi connectivity index (χ3n) is 4.41. The van der Waals surface area contributed by atoms with E-state index >= 15 is 0 Å². The molecule has 0 atom stereocenters. The van der Waals surface area contributed by atoms with Gasteiger partial charge in [-0.1, -0.05) is 6.08 Å². The number of nitrogens with one attached hydrogen (secondary N) is 1. The van der Waals surface area contributed by atoms with Gasteiger partial charge in [0, 0.05) is 5.56 Å². The molecule has 0 bridgehead atoms. The molecule has 0 spiro atoms. The van der Waals surface area contributed by atoms with Crippen molar-refractivity contribution in [2.24, 2.45) is 4.99 Å². The van der Waals surface area contributed by atoms with Crippen molar-refractivity contribution in [1.82, 2.24) is 5.32 Å². The van der Waals surface area contributed by atoms with Crippen LogP contribution >= 0.6 is 11.8 Å². The van der Waals surface area contributed by atoms with Gasteiger partial charge in [0.2, 0.25) is 0 Å². The number of carboxylic acid groups (broad SMARTS) is 1. The number of amidine groups is 1. The Hall–Kier alpha value is -3.72. The van der Waals surface area contributed by atoms with Crippen LogP contribution in [0.1, 0.15) is 18.1 Å². The predicted octanol–water partition coefficient (Wildman–Crippen LogP) is 4.18. The zero-order chi connectivity index (χ0) is 23.8. The number of carbonyl (C=O) groups excluding carboxylic acids is 1. The zero-order valence-corrected chi connectivity index (χ0v) is 19.1. The second kappa shape index (κ2) is 11.2. The third kappa shape index (κ3) is 6.39. The first-order valence-electron chi connectivity index (χ1n) is 10.1. The number of hydrogen-bond acceptors (Lipinski definition) is 7. The summed E-state index contributed by atoms with van der Waals surface area (Å²) >= 11 is 1.22. The molecule has 33 heavy (non-hydrogen) atoms. The van der Waals surface area contributed by atoms with Gasteiger partial charge in [0.25, 0.3) is 5.91 Å². The van der Waals surface area contributed by atoms with Crippen LogP contribution in [0, 0.1) is 0 Å². The van der Waals surface area contributed by atoms with Crippen LogP contribution in [0.2, 0.25) is 0 Å². The van der Waals surface area contributed by atoms with Crippen LogP contribution in [-0.2, 0) is 16.0 Å². The van der Waals surface area contributed by atoms with E-state index in [9.17, 15) is 9.59 Å². The van der Waals surface area contributed by atoms with Crippen LogP contribution < -0.4 is 19.5 Å². The average Bonchev–Trinajstić information content (AvgIpc) is 3.12. The first kappa shape index (κ1) is 23.9. The van der Waals surface area contributed by atoms with E-state index in [1.54, 1.807) is 18.2 Å². The quantitative estimate of drug-likeness (QED) is 0.398. The Morgan fingerprint density at radius 2 is 2.00 bits per heavy atom. The Bertz CT molecular complexity index is 1110. The van der Waals surface area contributed by atoms with Crippen molar-refractivity contribution in [3.05, 3.63) is 65.1 Å². The van der Waals surface area contributed by atoms with E-state index in [2.05, 4.69) is 16.9 Å². The molecule has 8 nitrogen and oxygen atoms in total. The Labute approximate surface area is 196 Å². The molecule has 2 N–H and O–H groups in total. The molecule has 1 amide bonds. The van der Waals surface area contributed by atoms with Gasteiger partial charge >= 0.3 is 5.97 Å². The Morgan fingerprint density at radius 3 is 2.64 bits per heavy atom. The van der Waals surface area contributed by atoms with E-state index in [1.165, 1.54) is 18.9 Å². The van der Waals surface area contributed by atoms with E-state index < -0.39 is 12.6 Å². The Kier molecular flexibility index (Phi) is 8.15. The van der Waals surface area contributed by atoms with Crippen LogP contribution in [0.3, 0.4) is 0 Å². The maximum atomic E-state index is 12.5. The van der Waals surface area contributed by atoms with E-state index in [0.29, 0.717) is 51.4 Å². The molecule has 3 rings (SSSR count). The van der Waals surface area contributed by atoms with Crippen LogP contribution in [-0.4, -0.2) is 42.5 Å². The predicted molar refractivity (Wildman–Crippen MR) is 128 cm³/mol. The number of ether oxygens (including phenoxy) is 3. The van der Waals surface area contributed by atoms with Crippen molar-refractivity contribution < 1.29 is 28.9 Å². The second-order valence-electron chi connectivity index (χ2n) is 6.80. The largest absolute Gasteiger partial charge is 0.494 e. The minimum absolute atomic E-state index is 0.264. The molecule has 172 valence electrons. The molecule has 1 heterocycles. The molecule has 2 aromatic carbocycles. The summed E-state index contributed by atoms with van der Waals surface area (Å²) in [6.07, 6.45) is 3.83. The molecule has 0 radical (unpaired) electrons. The first-order chi connectivity index (χ1) is 15.9. The number of rotatable bonds is 10. The van der Waals surface area contributed by atoms with Gasteiger partial charge in [0.05, 0.1) is 24.3 Å². The van der Waals surface area contributed by atoms with Crippen LogP contribution in [0.4, 0.5) is 5.69 Å². The highest BCUT2D eigenvalue weighted by Crippen LogP contribution is 2.36. The summed E-state index contributed by atoms with van der Waals surface area (Å²) in [4.78, 5) is 28.4. The summed E-state index contributed by atoms with van der Waals surface area (Å²) in [6.45, 7) is 5.74. The molecule has 2 aromatic rings. The molecule has 1 aliphatic heterocycles. The van der Waals surface area contributed by atoms with Gasteiger partial charge in [-0.3, -0.25) is 4.79 Å². The van der Waals surface area contributed by atoms with Crippen molar-refractivity contribution in [3.63, 3.8) is 0 Å². The highest BCUT2D eigenvalue weighted by Gasteiger charge is 2.24. The standard InChI is InChI=1S/C24H24N2O6S/c1-4-6-16-11-15(12-19(30-3)22(16)32-14-21(27)28)13-20-23(29)26-24(33-20)25-17-7-9-18(10-8-17)31-5-2/h4,7-13H,1,5-6,14H2,2-3H3,(H,27,28)(H,25,26,29)/b20-13-. The highest BCUT2D eigenvalue weighted by molar-refractivity contribution is 8.18. The average molecular weight is 469 g/mol. The summed E-state index contributed by atoms with van der Waals surface area (Å²) in [7, 11) is 1.47. The normalized spacial score (nSPS) is 15.4. The second-order valence-corrected chi connectivity index (χ2v) is 7.83. The highest BCUT2D eigenvalue weighted by atomic mass is 32.2. The topological polar surface area (TPSA) is 106 Å². The number of nitrogens with zero attached hydrogens (tertiary/aromatic N) is 1. The number of methoxy groups -OCH3 is 1. The number of allylic oxidation sites excluding steroid dienone is 1. The number of aliphatic carboxylic acids is 1. The minimum atomic E-state index is -1.09. The SMILES string of the molecule is C=CCc1cc(/C=C2\SC(=Nc3ccc(OCC)cc3)NC2=O)cc(OC)c1OCC(=O)O. The van der Waals surface area contributed by atoms with E-state index in [-0.39, 0.29) is 5.91 Å². The maximum Gasteiger partial charge on any atom is 0.341 e. The maximum absolute atomic E-state index is 12.5. The fourth-order valence-electron chi connectivity index (χ4n) is 3.06. The summed E-state index contributed by atoms with van der Waals surface area (Å²) in [5, 5.41) is 12.2. The van der Waals surface area contributed by atoms with Gasteiger partial charge in [0.1, 0.15) is 5.75 Å². The van der Waals surface area contributed by atoms with Crippen LogP contribution in [0.5, 0.6) is 17.2 Å². The van der Waals surface area contributed by atoms with Crippen molar-refractivity contribution >= 4 is 40.6 Å². The molecule has 0 aliphatic carbocycles. The number of aliphatic imine (C=N–C) groups is 1. The zero-order valence-electron chi connectivity index (χ0n) is 18.3. The molecule has 1 fully saturated rings. The lowest BCUT2D eigenvalue weighted by Gasteiger charge is -2.14. The van der Waals surface area contributed by atoms with Gasteiger partial charge in [-0.25, -0.2) is 9.79 Å². The van der Waals surface area contributed by atoms with Gasteiger partial charge < -0.3 is 24.6 Å². The Balaban J connectivity index is 1.85. The molecule has 1 saturated heterocycles. The van der Waals surface area contributed by atoms with Crippen LogP contribution in [0.15, 0.2) is 59.0 Å². The third-order valence-corrected chi connectivity index (χ3v) is 5.32.